The van der Waals surface area contributed by atoms with Gasteiger partial charge in [0.05, 0.1) is 12.3 Å². The van der Waals surface area contributed by atoms with Crippen molar-refractivity contribution >= 4 is 11.8 Å². The molecule has 0 aliphatic carbocycles. The first-order valence-electron chi connectivity index (χ1n) is 9.95. The van der Waals surface area contributed by atoms with Crippen LogP contribution in [0.25, 0.3) is 0 Å². The van der Waals surface area contributed by atoms with Crippen molar-refractivity contribution < 1.29 is 14.0 Å². The van der Waals surface area contributed by atoms with Crippen LogP contribution in [0.3, 0.4) is 0 Å². The minimum Gasteiger partial charge on any atom is -0.356 e. The number of piperidine rings is 1. The van der Waals surface area contributed by atoms with Gasteiger partial charge in [0.15, 0.2) is 0 Å². The van der Waals surface area contributed by atoms with Gasteiger partial charge < -0.3 is 10.2 Å². The van der Waals surface area contributed by atoms with Crippen LogP contribution >= 0.6 is 0 Å². The highest BCUT2D eigenvalue weighted by Crippen LogP contribution is 2.18. The molecular weight excluding hydrogens is 355 g/mol. The average molecular weight is 382 g/mol. The number of amides is 2. The largest absolute Gasteiger partial charge is 0.356 e. The van der Waals surface area contributed by atoms with Gasteiger partial charge in [-0.1, -0.05) is 42.5 Å². The molecule has 1 aliphatic heterocycles. The van der Waals surface area contributed by atoms with Crippen molar-refractivity contribution in [3.05, 3.63) is 71.5 Å². The number of nitrogens with one attached hydrogen (secondary N) is 1. The van der Waals surface area contributed by atoms with Gasteiger partial charge >= 0.3 is 0 Å². The van der Waals surface area contributed by atoms with Crippen molar-refractivity contribution in [3.8, 4) is 0 Å². The van der Waals surface area contributed by atoms with E-state index in [2.05, 4.69) is 17.4 Å². The molecule has 1 fully saturated rings. The number of benzene rings is 2. The van der Waals surface area contributed by atoms with Gasteiger partial charge in [-0.15, -0.1) is 0 Å². The highest BCUT2D eigenvalue weighted by molar-refractivity contribution is 5.82. The molecule has 2 aromatic rings. The van der Waals surface area contributed by atoms with Crippen molar-refractivity contribution in [1.82, 2.24) is 10.2 Å². The number of carbonyl (C=O) groups excluding carboxylic acids is 2. The van der Waals surface area contributed by atoms with Crippen LogP contribution in [0.5, 0.6) is 0 Å². The van der Waals surface area contributed by atoms with E-state index in [1.54, 1.807) is 17.0 Å². The van der Waals surface area contributed by atoms with Crippen molar-refractivity contribution in [1.29, 1.82) is 0 Å². The molecule has 1 heterocycles. The van der Waals surface area contributed by atoms with Gasteiger partial charge in [0, 0.05) is 19.6 Å². The molecule has 0 saturated carbocycles. The summed E-state index contributed by atoms with van der Waals surface area (Å²) >= 11 is 0. The van der Waals surface area contributed by atoms with E-state index in [0.717, 1.165) is 31.2 Å². The summed E-state index contributed by atoms with van der Waals surface area (Å²) in [4.78, 5) is 26.8. The molecule has 28 heavy (non-hydrogen) atoms. The smallest absolute Gasteiger partial charge is 0.227 e. The normalized spacial score (nSPS) is 16.6. The Bertz CT molecular complexity index is 777. The zero-order valence-electron chi connectivity index (χ0n) is 16.1. The number of nitrogens with zero attached hydrogens (tertiary/aromatic N) is 1. The summed E-state index contributed by atoms with van der Waals surface area (Å²) in [5.41, 5.74) is 2.06. The quantitative estimate of drug-likeness (QED) is 0.747. The molecule has 1 N–H and O–H groups in total. The zero-order chi connectivity index (χ0) is 19.8. The van der Waals surface area contributed by atoms with E-state index in [0.29, 0.717) is 19.6 Å². The molecule has 0 bridgehead atoms. The molecule has 5 heteroatoms. The van der Waals surface area contributed by atoms with Crippen LogP contribution in [-0.2, 0) is 22.4 Å². The highest BCUT2D eigenvalue weighted by Gasteiger charge is 2.28. The second-order valence-electron chi connectivity index (χ2n) is 7.36. The third-order valence-corrected chi connectivity index (χ3v) is 5.20. The lowest BCUT2D eigenvalue weighted by molar-refractivity contribution is -0.135. The maximum absolute atomic E-state index is 13.0. The van der Waals surface area contributed by atoms with Crippen LogP contribution in [-0.4, -0.2) is 36.3 Å². The molecule has 1 saturated heterocycles. The lowest BCUT2D eigenvalue weighted by Crippen LogP contribution is -2.46. The summed E-state index contributed by atoms with van der Waals surface area (Å²) < 4.78 is 13.0. The van der Waals surface area contributed by atoms with Gasteiger partial charge in [0.1, 0.15) is 5.82 Å². The van der Waals surface area contributed by atoms with Crippen molar-refractivity contribution in [2.45, 2.75) is 32.1 Å². The molecule has 0 spiro atoms. The van der Waals surface area contributed by atoms with E-state index < -0.39 is 0 Å². The van der Waals surface area contributed by atoms with E-state index in [-0.39, 0.29) is 30.0 Å². The molecule has 1 aliphatic rings. The Morgan fingerprint density at radius 1 is 1.04 bits per heavy atom. The van der Waals surface area contributed by atoms with Gasteiger partial charge in [-0.2, -0.15) is 0 Å². The Kier molecular flexibility index (Phi) is 7.18. The number of hydrogen-bond acceptors (Lipinski definition) is 2. The summed E-state index contributed by atoms with van der Waals surface area (Å²) in [6.07, 6.45) is 3.72. The van der Waals surface area contributed by atoms with Crippen LogP contribution < -0.4 is 5.32 Å². The molecule has 0 aromatic heterocycles. The standard InChI is InChI=1S/C23H27FN2O2/c24-21-12-10-19(11-13-21)16-22(27)26-15-5-9-20(17-26)23(28)25-14-4-8-18-6-2-1-3-7-18/h1-3,6-7,10-13,20H,4-5,8-9,14-17H2,(H,25,28). The predicted molar refractivity (Wildman–Crippen MR) is 107 cm³/mol. The number of likely N-dealkylation sites (tertiary alicyclic amines) is 1. The fourth-order valence-corrected chi connectivity index (χ4v) is 3.60. The van der Waals surface area contributed by atoms with Gasteiger partial charge in [0.25, 0.3) is 0 Å². The fourth-order valence-electron chi connectivity index (χ4n) is 3.60. The summed E-state index contributed by atoms with van der Waals surface area (Å²) in [6, 6.07) is 16.2. The molecule has 148 valence electrons. The molecule has 4 nitrogen and oxygen atoms in total. The van der Waals surface area contributed by atoms with E-state index in [1.807, 2.05) is 18.2 Å². The minimum atomic E-state index is -0.307. The number of rotatable bonds is 7. The average Bonchev–Trinajstić information content (AvgIpc) is 2.73. The van der Waals surface area contributed by atoms with Crippen LogP contribution in [0.4, 0.5) is 4.39 Å². The molecule has 1 atom stereocenters. The van der Waals surface area contributed by atoms with Crippen LogP contribution in [0.2, 0.25) is 0 Å². The molecule has 2 aromatic carbocycles. The summed E-state index contributed by atoms with van der Waals surface area (Å²) in [6.45, 7) is 1.79. The van der Waals surface area contributed by atoms with E-state index in [4.69, 9.17) is 0 Å². The van der Waals surface area contributed by atoms with Gasteiger partial charge in [0.2, 0.25) is 11.8 Å². The maximum Gasteiger partial charge on any atom is 0.227 e. The third-order valence-electron chi connectivity index (χ3n) is 5.20. The Morgan fingerprint density at radius 3 is 2.54 bits per heavy atom. The first-order valence-corrected chi connectivity index (χ1v) is 9.95. The summed E-state index contributed by atoms with van der Waals surface area (Å²) in [5.74, 6) is -0.429. The molecule has 1 unspecified atom stereocenters. The predicted octanol–water partition coefficient (Wildman–Crippen LogP) is 3.36. The van der Waals surface area contributed by atoms with E-state index in [9.17, 15) is 14.0 Å². The van der Waals surface area contributed by atoms with Crippen LogP contribution in [0.15, 0.2) is 54.6 Å². The molecule has 2 amide bonds. The SMILES string of the molecule is O=C(NCCCc1ccccc1)C1CCCN(C(=O)Cc2ccc(F)cc2)C1. The summed E-state index contributed by atoms with van der Waals surface area (Å²) in [5, 5.41) is 3.02. The second-order valence-corrected chi connectivity index (χ2v) is 7.36. The molecule has 3 rings (SSSR count). The Labute approximate surface area is 165 Å². The maximum atomic E-state index is 13.0. The lowest BCUT2D eigenvalue weighted by atomic mass is 9.96. The lowest BCUT2D eigenvalue weighted by Gasteiger charge is -2.32. The van der Waals surface area contributed by atoms with Gasteiger partial charge in [-0.3, -0.25) is 9.59 Å². The van der Waals surface area contributed by atoms with E-state index >= 15 is 0 Å². The number of hydrogen-bond donors (Lipinski definition) is 1. The fraction of sp³-hybridized carbons (Fsp3) is 0.391. The van der Waals surface area contributed by atoms with Gasteiger partial charge in [-0.25, -0.2) is 4.39 Å². The first kappa shape index (κ1) is 20.1. The van der Waals surface area contributed by atoms with Gasteiger partial charge in [-0.05, 0) is 48.9 Å². The monoisotopic (exact) mass is 382 g/mol. The number of aryl methyl sites for hydroxylation is 1. The second kappa shape index (κ2) is 10.0. The van der Waals surface area contributed by atoms with Crippen LogP contribution in [0.1, 0.15) is 30.4 Å². The summed E-state index contributed by atoms with van der Waals surface area (Å²) in [7, 11) is 0. The molecule has 0 radical (unpaired) electrons. The van der Waals surface area contributed by atoms with Crippen LogP contribution in [0, 0.1) is 11.7 Å². The third kappa shape index (κ3) is 5.91. The highest BCUT2D eigenvalue weighted by atomic mass is 19.1. The Morgan fingerprint density at radius 2 is 1.79 bits per heavy atom. The topological polar surface area (TPSA) is 49.4 Å². The van der Waals surface area contributed by atoms with E-state index in [1.165, 1.54) is 17.7 Å². The Hall–Kier alpha value is -2.69. The van der Waals surface area contributed by atoms with Crippen molar-refractivity contribution in [3.63, 3.8) is 0 Å². The number of halogens is 1. The zero-order valence-corrected chi connectivity index (χ0v) is 16.1. The first-order chi connectivity index (χ1) is 13.6. The van der Waals surface area contributed by atoms with Crippen molar-refractivity contribution in [2.75, 3.05) is 19.6 Å². The number of carbonyl (C=O) groups is 2. The van der Waals surface area contributed by atoms with Crippen molar-refractivity contribution in [2.24, 2.45) is 5.92 Å². The Balaban J connectivity index is 1.42. The molecular formula is C23H27FN2O2. The minimum absolute atomic E-state index is 0.00631.